The van der Waals surface area contributed by atoms with E-state index in [1.54, 1.807) is 12.1 Å². The van der Waals surface area contributed by atoms with Crippen molar-refractivity contribution in [3.8, 4) is 17.2 Å². The van der Waals surface area contributed by atoms with Gasteiger partial charge >= 0.3 is 0 Å². The Hall–Kier alpha value is -2.44. The highest BCUT2D eigenvalue weighted by atomic mass is 16.5. The summed E-state index contributed by atoms with van der Waals surface area (Å²) in [5, 5.41) is 6.01. The summed E-state index contributed by atoms with van der Waals surface area (Å²) in [4.78, 5) is 25.8. The van der Waals surface area contributed by atoms with Crippen LogP contribution in [-0.2, 0) is 4.79 Å². The lowest BCUT2D eigenvalue weighted by Gasteiger charge is -2.25. The number of amides is 2. The Kier molecular flexibility index (Phi) is 8.61. The Bertz CT molecular complexity index is 671. The van der Waals surface area contributed by atoms with E-state index in [-0.39, 0.29) is 23.8 Å². The Morgan fingerprint density at radius 1 is 0.931 bits per heavy atom. The largest absolute Gasteiger partial charge is 0.493 e. The third-order valence-electron chi connectivity index (χ3n) is 5.36. The monoisotopic (exact) mass is 406 g/mol. The first-order valence-corrected chi connectivity index (χ1v) is 10.3. The summed E-state index contributed by atoms with van der Waals surface area (Å²) in [6.07, 6.45) is 6.70. The SMILES string of the molecule is COc1cc(C(=O)N[C@H](C(=O)NC2CCCCCC2)C(C)C)cc(OC)c1OC. The van der Waals surface area contributed by atoms with E-state index in [2.05, 4.69) is 10.6 Å². The number of ether oxygens (including phenoxy) is 3. The molecule has 0 radical (unpaired) electrons. The summed E-state index contributed by atoms with van der Waals surface area (Å²) in [5.41, 5.74) is 0.340. The zero-order valence-electron chi connectivity index (χ0n) is 18.2. The number of nitrogens with one attached hydrogen (secondary N) is 2. The van der Waals surface area contributed by atoms with Gasteiger partial charge in [0, 0.05) is 11.6 Å². The first kappa shape index (κ1) is 22.8. The summed E-state index contributed by atoms with van der Waals surface area (Å²) in [7, 11) is 4.50. The molecule has 1 aliphatic carbocycles. The molecular weight excluding hydrogens is 372 g/mol. The van der Waals surface area contributed by atoms with Crippen molar-refractivity contribution in [2.24, 2.45) is 5.92 Å². The molecule has 0 saturated heterocycles. The third kappa shape index (κ3) is 6.02. The third-order valence-corrected chi connectivity index (χ3v) is 5.36. The summed E-state index contributed by atoms with van der Waals surface area (Å²) in [5.74, 6) is 0.651. The van der Waals surface area contributed by atoms with Gasteiger partial charge < -0.3 is 24.8 Å². The average Bonchev–Trinajstić information content (AvgIpc) is 2.98. The minimum Gasteiger partial charge on any atom is -0.493 e. The maximum Gasteiger partial charge on any atom is 0.252 e. The number of benzene rings is 1. The summed E-state index contributed by atoms with van der Waals surface area (Å²) < 4.78 is 15.9. The molecule has 2 rings (SSSR count). The van der Waals surface area contributed by atoms with Crippen molar-refractivity contribution in [2.75, 3.05) is 21.3 Å². The highest BCUT2D eigenvalue weighted by molar-refractivity contribution is 5.98. The lowest BCUT2D eigenvalue weighted by atomic mass is 10.0. The molecule has 1 aliphatic rings. The van der Waals surface area contributed by atoms with E-state index in [0.717, 1.165) is 25.7 Å². The van der Waals surface area contributed by atoms with Crippen LogP contribution < -0.4 is 24.8 Å². The van der Waals surface area contributed by atoms with Gasteiger partial charge in [-0.05, 0) is 30.9 Å². The minimum atomic E-state index is -0.621. The quantitative estimate of drug-likeness (QED) is 0.647. The predicted octanol–water partition coefficient (Wildman–Crippen LogP) is 3.31. The van der Waals surface area contributed by atoms with Crippen LogP contribution in [0.25, 0.3) is 0 Å². The van der Waals surface area contributed by atoms with Crippen LogP contribution in [0.5, 0.6) is 17.2 Å². The van der Waals surface area contributed by atoms with Crippen LogP contribution in [0.2, 0.25) is 0 Å². The van der Waals surface area contributed by atoms with E-state index in [9.17, 15) is 9.59 Å². The van der Waals surface area contributed by atoms with Crippen LogP contribution in [0, 0.1) is 5.92 Å². The maximum atomic E-state index is 12.9. The number of methoxy groups -OCH3 is 3. The molecule has 1 fully saturated rings. The summed E-state index contributed by atoms with van der Waals surface area (Å²) >= 11 is 0. The topological polar surface area (TPSA) is 85.9 Å². The minimum absolute atomic E-state index is 0.0493. The van der Waals surface area contributed by atoms with E-state index >= 15 is 0 Å². The predicted molar refractivity (Wildman–Crippen MR) is 112 cm³/mol. The van der Waals surface area contributed by atoms with Gasteiger partial charge in [0.2, 0.25) is 11.7 Å². The molecule has 0 bridgehead atoms. The molecule has 2 N–H and O–H groups in total. The van der Waals surface area contributed by atoms with E-state index < -0.39 is 6.04 Å². The van der Waals surface area contributed by atoms with Crippen molar-refractivity contribution in [1.82, 2.24) is 10.6 Å². The van der Waals surface area contributed by atoms with E-state index in [0.29, 0.717) is 22.8 Å². The summed E-state index contributed by atoms with van der Waals surface area (Å²) in [6.45, 7) is 3.85. The fourth-order valence-electron chi connectivity index (χ4n) is 3.69. The maximum absolute atomic E-state index is 12.9. The van der Waals surface area contributed by atoms with Gasteiger partial charge in [0.15, 0.2) is 11.5 Å². The standard InChI is InChI=1S/C22H34N2O5/c1-14(2)19(22(26)23-16-10-8-6-7-9-11-16)24-21(25)15-12-17(27-3)20(29-5)18(13-15)28-4/h12-14,16,19H,6-11H2,1-5H3,(H,23,26)(H,24,25)/t19-/m0/s1. The number of hydrogen-bond acceptors (Lipinski definition) is 5. The molecule has 7 nitrogen and oxygen atoms in total. The zero-order valence-corrected chi connectivity index (χ0v) is 18.2. The highest BCUT2D eigenvalue weighted by Gasteiger charge is 2.27. The molecule has 0 spiro atoms. The second-order valence-corrected chi connectivity index (χ2v) is 7.81. The van der Waals surface area contributed by atoms with Gasteiger partial charge in [-0.15, -0.1) is 0 Å². The second-order valence-electron chi connectivity index (χ2n) is 7.81. The van der Waals surface area contributed by atoms with E-state index in [1.165, 1.54) is 34.2 Å². The van der Waals surface area contributed by atoms with Crippen LogP contribution in [0.4, 0.5) is 0 Å². The van der Waals surface area contributed by atoms with Crippen LogP contribution >= 0.6 is 0 Å². The molecule has 1 saturated carbocycles. The molecule has 0 aromatic heterocycles. The van der Waals surface area contributed by atoms with E-state index in [1.807, 2.05) is 13.8 Å². The smallest absolute Gasteiger partial charge is 0.252 e. The van der Waals surface area contributed by atoms with Crippen molar-refractivity contribution in [2.45, 2.75) is 64.5 Å². The second kappa shape index (κ2) is 10.9. The van der Waals surface area contributed by atoms with E-state index in [4.69, 9.17) is 14.2 Å². The van der Waals surface area contributed by atoms with Gasteiger partial charge in [-0.1, -0.05) is 39.5 Å². The zero-order chi connectivity index (χ0) is 21.4. The van der Waals surface area contributed by atoms with Crippen molar-refractivity contribution < 1.29 is 23.8 Å². The molecular formula is C22H34N2O5. The van der Waals surface area contributed by atoms with Crippen LogP contribution in [0.15, 0.2) is 12.1 Å². The van der Waals surface area contributed by atoms with Gasteiger partial charge in [-0.2, -0.15) is 0 Å². The fraction of sp³-hybridized carbons (Fsp3) is 0.636. The van der Waals surface area contributed by atoms with Crippen LogP contribution in [0.1, 0.15) is 62.7 Å². The Morgan fingerprint density at radius 3 is 1.93 bits per heavy atom. The van der Waals surface area contributed by atoms with Crippen LogP contribution in [-0.4, -0.2) is 45.2 Å². The molecule has 0 heterocycles. The fourth-order valence-corrected chi connectivity index (χ4v) is 3.69. The highest BCUT2D eigenvalue weighted by Crippen LogP contribution is 2.38. The van der Waals surface area contributed by atoms with Gasteiger partial charge in [-0.25, -0.2) is 0 Å². The van der Waals surface area contributed by atoms with Gasteiger partial charge in [0.1, 0.15) is 6.04 Å². The van der Waals surface area contributed by atoms with Crippen molar-refractivity contribution >= 4 is 11.8 Å². The lowest BCUT2D eigenvalue weighted by molar-refractivity contribution is -0.124. The molecule has 7 heteroatoms. The van der Waals surface area contributed by atoms with Gasteiger partial charge in [-0.3, -0.25) is 9.59 Å². The molecule has 1 aromatic rings. The first-order chi connectivity index (χ1) is 13.9. The van der Waals surface area contributed by atoms with Crippen molar-refractivity contribution in [1.29, 1.82) is 0 Å². The molecule has 1 atom stereocenters. The molecule has 2 amide bonds. The Labute approximate surface area is 173 Å². The molecule has 29 heavy (non-hydrogen) atoms. The molecule has 1 aromatic carbocycles. The lowest BCUT2D eigenvalue weighted by Crippen LogP contribution is -2.52. The van der Waals surface area contributed by atoms with Crippen molar-refractivity contribution in [3.05, 3.63) is 17.7 Å². The van der Waals surface area contributed by atoms with Crippen molar-refractivity contribution in [3.63, 3.8) is 0 Å². The average molecular weight is 407 g/mol. The Morgan fingerprint density at radius 2 is 1.48 bits per heavy atom. The van der Waals surface area contributed by atoms with Crippen LogP contribution in [0.3, 0.4) is 0 Å². The Balaban J connectivity index is 2.15. The number of hydrogen-bond donors (Lipinski definition) is 2. The number of carbonyl (C=O) groups is 2. The normalized spacial score (nSPS) is 15.9. The number of carbonyl (C=O) groups excluding carboxylic acids is 2. The van der Waals surface area contributed by atoms with Gasteiger partial charge in [0.25, 0.3) is 5.91 Å². The molecule has 162 valence electrons. The molecule has 0 unspecified atom stereocenters. The number of rotatable bonds is 8. The van der Waals surface area contributed by atoms with Gasteiger partial charge in [0.05, 0.1) is 21.3 Å². The molecule has 0 aliphatic heterocycles. The first-order valence-electron chi connectivity index (χ1n) is 10.3. The summed E-state index contributed by atoms with van der Waals surface area (Å²) in [6, 6.07) is 2.73.